The first-order chi connectivity index (χ1) is 11.9. The van der Waals surface area contributed by atoms with Crippen LogP contribution < -0.4 is 5.32 Å². The molecule has 1 aliphatic heterocycles. The zero-order valence-electron chi connectivity index (χ0n) is 15.1. The third kappa shape index (κ3) is 3.90. The number of hydrogen-bond donors (Lipinski definition) is 1. The van der Waals surface area contributed by atoms with Gasteiger partial charge in [-0.1, -0.05) is 25.3 Å². The summed E-state index contributed by atoms with van der Waals surface area (Å²) in [5, 5.41) is 3.09. The fourth-order valence-corrected chi connectivity index (χ4v) is 5.59. The van der Waals surface area contributed by atoms with Gasteiger partial charge in [0, 0.05) is 12.6 Å². The minimum Gasteiger partial charge on any atom is -0.352 e. The normalized spacial score (nSPS) is 22.9. The van der Waals surface area contributed by atoms with Crippen LogP contribution in [-0.2, 0) is 14.8 Å². The van der Waals surface area contributed by atoms with Crippen LogP contribution in [0.3, 0.4) is 0 Å². The van der Waals surface area contributed by atoms with Crippen LogP contribution in [-0.4, -0.2) is 37.3 Å². The minimum atomic E-state index is -3.64. The molecule has 1 aliphatic carbocycles. The van der Waals surface area contributed by atoms with Gasteiger partial charge in [0.2, 0.25) is 15.9 Å². The maximum Gasteiger partial charge on any atom is 0.243 e. The van der Waals surface area contributed by atoms with Crippen LogP contribution in [0.15, 0.2) is 23.1 Å². The monoisotopic (exact) mass is 364 g/mol. The van der Waals surface area contributed by atoms with Gasteiger partial charge in [-0.3, -0.25) is 4.79 Å². The van der Waals surface area contributed by atoms with E-state index in [-0.39, 0.29) is 16.8 Å². The number of sulfonamides is 1. The van der Waals surface area contributed by atoms with Gasteiger partial charge in [0.25, 0.3) is 0 Å². The van der Waals surface area contributed by atoms with Crippen molar-refractivity contribution in [1.29, 1.82) is 0 Å². The summed E-state index contributed by atoms with van der Waals surface area (Å²) in [4.78, 5) is 13.0. The maximum absolute atomic E-state index is 13.1. The second kappa shape index (κ2) is 7.46. The lowest BCUT2D eigenvalue weighted by atomic mass is 9.95. The Kier molecular flexibility index (Phi) is 5.49. The van der Waals surface area contributed by atoms with E-state index in [0.29, 0.717) is 13.0 Å². The second-order valence-corrected chi connectivity index (χ2v) is 9.25. The molecule has 5 nitrogen and oxygen atoms in total. The molecule has 6 heteroatoms. The van der Waals surface area contributed by atoms with E-state index in [4.69, 9.17) is 0 Å². The topological polar surface area (TPSA) is 66.5 Å². The summed E-state index contributed by atoms with van der Waals surface area (Å²) in [7, 11) is -3.64. The smallest absolute Gasteiger partial charge is 0.243 e. The summed E-state index contributed by atoms with van der Waals surface area (Å²) < 4.78 is 27.5. The molecule has 1 heterocycles. The van der Waals surface area contributed by atoms with Gasteiger partial charge in [-0.05, 0) is 62.8 Å². The van der Waals surface area contributed by atoms with Crippen LogP contribution in [0.1, 0.15) is 56.1 Å². The Balaban J connectivity index is 1.77. The highest BCUT2D eigenvalue weighted by molar-refractivity contribution is 7.89. The SMILES string of the molecule is Cc1ccc(S(=O)(=O)N2CCC[C@H]2C(=O)NC2CCCCC2)cc1C. The number of amides is 1. The molecule has 0 bridgehead atoms. The molecule has 2 fully saturated rings. The zero-order chi connectivity index (χ0) is 18.0. The Labute approximate surface area is 150 Å². The summed E-state index contributed by atoms with van der Waals surface area (Å²) >= 11 is 0. The summed E-state index contributed by atoms with van der Waals surface area (Å²) in [6.45, 7) is 4.28. The molecule has 0 unspecified atom stereocenters. The van der Waals surface area contributed by atoms with E-state index in [1.54, 1.807) is 12.1 Å². The van der Waals surface area contributed by atoms with Crippen LogP contribution in [0.2, 0.25) is 0 Å². The fourth-order valence-electron chi connectivity index (χ4n) is 3.84. The molecule has 0 radical (unpaired) electrons. The lowest BCUT2D eigenvalue weighted by Crippen LogP contribution is -2.49. The molecular weight excluding hydrogens is 336 g/mol. The molecule has 25 heavy (non-hydrogen) atoms. The number of nitrogens with one attached hydrogen (secondary N) is 1. The molecule has 1 atom stereocenters. The first-order valence-corrected chi connectivity index (χ1v) is 10.7. The van der Waals surface area contributed by atoms with Gasteiger partial charge in [-0.2, -0.15) is 4.31 Å². The summed E-state index contributed by atoms with van der Waals surface area (Å²) in [5.74, 6) is -0.128. The van der Waals surface area contributed by atoms with Crippen LogP contribution in [0.25, 0.3) is 0 Å². The Morgan fingerprint density at radius 3 is 2.44 bits per heavy atom. The summed E-state index contributed by atoms with van der Waals surface area (Å²) in [6, 6.07) is 4.81. The van der Waals surface area contributed by atoms with Crippen LogP contribution in [0, 0.1) is 13.8 Å². The molecule has 1 saturated heterocycles. The van der Waals surface area contributed by atoms with E-state index in [9.17, 15) is 13.2 Å². The summed E-state index contributed by atoms with van der Waals surface area (Å²) in [5.41, 5.74) is 2.01. The Hall–Kier alpha value is -1.40. The molecule has 1 N–H and O–H groups in total. The first-order valence-electron chi connectivity index (χ1n) is 9.29. The largest absolute Gasteiger partial charge is 0.352 e. The van der Waals surface area contributed by atoms with Crippen molar-refractivity contribution in [3.05, 3.63) is 29.3 Å². The van der Waals surface area contributed by atoms with Gasteiger partial charge < -0.3 is 5.32 Å². The van der Waals surface area contributed by atoms with E-state index in [1.165, 1.54) is 10.7 Å². The number of benzene rings is 1. The average Bonchev–Trinajstić information content (AvgIpc) is 3.09. The van der Waals surface area contributed by atoms with Crippen molar-refractivity contribution in [2.75, 3.05) is 6.54 Å². The predicted molar refractivity (Wildman–Crippen MR) is 97.8 cm³/mol. The zero-order valence-corrected chi connectivity index (χ0v) is 15.9. The van der Waals surface area contributed by atoms with Gasteiger partial charge in [-0.25, -0.2) is 8.42 Å². The van der Waals surface area contributed by atoms with Crippen LogP contribution >= 0.6 is 0 Å². The highest BCUT2D eigenvalue weighted by Crippen LogP contribution is 2.28. The molecular formula is C19H28N2O3S. The van der Waals surface area contributed by atoms with Crippen molar-refractivity contribution in [3.63, 3.8) is 0 Å². The van der Waals surface area contributed by atoms with E-state index in [0.717, 1.165) is 43.2 Å². The van der Waals surface area contributed by atoms with Gasteiger partial charge in [0.05, 0.1) is 4.90 Å². The van der Waals surface area contributed by atoms with Gasteiger partial charge in [-0.15, -0.1) is 0 Å². The molecule has 0 spiro atoms. The van der Waals surface area contributed by atoms with Crippen LogP contribution in [0.4, 0.5) is 0 Å². The van der Waals surface area contributed by atoms with E-state index in [1.807, 2.05) is 19.9 Å². The van der Waals surface area contributed by atoms with E-state index >= 15 is 0 Å². The number of nitrogens with zero attached hydrogens (tertiary/aromatic N) is 1. The fraction of sp³-hybridized carbons (Fsp3) is 0.632. The van der Waals surface area contributed by atoms with Crippen molar-refractivity contribution >= 4 is 15.9 Å². The molecule has 1 aromatic carbocycles. The van der Waals surface area contributed by atoms with Crippen molar-refractivity contribution < 1.29 is 13.2 Å². The number of hydrogen-bond acceptors (Lipinski definition) is 3. The molecule has 0 aromatic heterocycles. The van der Waals surface area contributed by atoms with Crippen molar-refractivity contribution in [2.45, 2.75) is 75.8 Å². The second-order valence-electron chi connectivity index (χ2n) is 7.36. The minimum absolute atomic E-state index is 0.128. The Bertz CT molecular complexity index is 739. The van der Waals surface area contributed by atoms with Gasteiger partial charge >= 0.3 is 0 Å². The number of carbonyl (C=O) groups is 1. The third-order valence-electron chi connectivity index (χ3n) is 5.54. The highest BCUT2D eigenvalue weighted by atomic mass is 32.2. The number of aryl methyl sites for hydroxylation is 2. The first kappa shape index (κ1) is 18.4. The van der Waals surface area contributed by atoms with E-state index < -0.39 is 16.1 Å². The lowest BCUT2D eigenvalue weighted by Gasteiger charge is -2.28. The predicted octanol–water partition coefficient (Wildman–Crippen LogP) is 2.91. The molecule has 1 amide bonds. The quantitative estimate of drug-likeness (QED) is 0.893. The van der Waals surface area contributed by atoms with Crippen molar-refractivity contribution in [1.82, 2.24) is 9.62 Å². The average molecular weight is 365 g/mol. The van der Waals surface area contributed by atoms with Crippen LogP contribution in [0.5, 0.6) is 0 Å². The highest BCUT2D eigenvalue weighted by Gasteiger charge is 2.40. The Morgan fingerprint density at radius 1 is 1.04 bits per heavy atom. The molecule has 1 saturated carbocycles. The number of rotatable bonds is 4. The molecule has 1 aromatic rings. The summed E-state index contributed by atoms with van der Waals surface area (Å²) in [6.07, 6.45) is 6.84. The van der Waals surface area contributed by atoms with E-state index in [2.05, 4.69) is 5.32 Å². The maximum atomic E-state index is 13.1. The van der Waals surface area contributed by atoms with Crippen molar-refractivity contribution in [3.8, 4) is 0 Å². The third-order valence-corrected chi connectivity index (χ3v) is 7.45. The lowest BCUT2D eigenvalue weighted by molar-refractivity contribution is -0.125. The standard InChI is InChI=1S/C19H28N2O3S/c1-14-10-11-17(13-15(14)2)25(23,24)21-12-6-9-18(21)19(22)20-16-7-4-3-5-8-16/h10-11,13,16,18H,3-9,12H2,1-2H3,(H,20,22)/t18-/m0/s1. The number of carbonyl (C=O) groups excluding carboxylic acids is 1. The Morgan fingerprint density at radius 2 is 1.76 bits per heavy atom. The molecule has 3 rings (SSSR count). The van der Waals surface area contributed by atoms with Gasteiger partial charge in [0.15, 0.2) is 0 Å². The molecule has 2 aliphatic rings. The van der Waals surface area contributed by atoms with Crippen molar-refractivity contribution in [2.24, 2.45) is 0 Å². The molecule has 138 valence electrons. The van der Waals surface area contributed by atoms with Gasteiger partial charge in [0.1, 0.15) is 6.04 Å².